The number of ketones is 1. The van der Waals surface area contributed by atoms with Crippen LogP contribution in [0.1, 0.15) is 28.4 Å². The molecule has 132 valence electrons. The highest BCUT2D eigenvalue weighted by Crippen LogP contribution is 2.30. The molecule has 0 amide bonds. The maximum Gasteiger partial charge on any atom is 0.194 e. The fourth-order valence-electron chi connectivity index (χ4n) is 2.76. The zero-order valence-corrected chi connectivity index (χ0v) is 15.5. The topological polar surface area (TPSA) is 38.3 Å². The van der Waals surface area contributed by atoms with Crippen LogP contribution in [-0.4, -0.2) is 12.4 Å². The standard InChI is InChI=1S/C22H20ClNO2/c1-3-26-21-11-7-6-10-20(21)24-16-12-13-18(19(23)14-16)22(25)17-9-5-4-8-15(17)2/h4-14,24H,3H2,1-2H3. The van der Waals surface area contributed by atoms with Crippen molar-refractivity contribution in [3.05, 3.63) is 88.4 Å². The van der Waals surface area contributed by atoms with E-state index in [0.717, 1.165) is 22.7 Å². The lowest BCUT2D eigenvalue weighted by Crippen LogP contribution is -2.05. The Morgan fingerprint density at radius 3 is 2.46 bits per heavy atom. The normalized spacial score (nSPS) is 10.4. The number of aryl methyl sites for hydroxylation is 1. The summed E-state index contributed by atoms with van der Waals surface area (Å²) < 4.78 is 5.62. The summed E-state index contributed by atoms with van der Waals surface area (Å²) in [5.41, 5.74) is 3.73. The molecular formula is C22H20ClNO2. The van der Waals surface area contributed by atoms with Gasteiger partial charge in [0, 0.05) is 16.8 Å². The molecule has 0 aliphatic heterocycles. The van der Waals surface area contributed by atoms with Crippen LogP contribution in [0.2, 0.25) is 5.02 Å². The summed E-state index contributed by atoms with van der Waals surface area (Å²) in [6.07, 6.45) is 0. The summed E-state index contributed by atoms with van der Waals surface area (Å²) in [6.45, 7) is 4.45. The average molecular weight is 366 g/mol. The number of benzene rings is 3. The highest BCUT2D eigenvalue weighted by Gasteiger charge is 2.15. The smallest absolute Gasteiger partial charge is 0.194 e. The van der Waals surface area contributed by atoms with Crippen molar-refractivity contribution in [1.82, 2.24) is 0 Å². The Balaban J connectivity index is 1.87. The Labute approximate surface area is 158 Å². The zero-order chi connectivity index (χ0) is 18.5. The quantitative estimate of drug-likeness (QED) is 0.542. The number of carbonyl (C=O) groups excluding carboxylic acids is 1. The number of halogens is 1. The molecule has 3 aromatic rings. The minimum Gasteiger partial charge on any atom is -0.492 e. The van der Waals surface area contributed by atoms with E-state index in [4.69, 9.17) is 16.3 Å². The van der Waals surface area contributed by atoms with Gasteiger partial charge < -0.3 is 10.1 Å². The first-order valence-electron chi connectivity index (χ1n) is 8.49. The fourth-order valence-corrected chi connectivity index (χ4v) is 3.02. The van der Waals surface area contributed by atoms with Crippen molar-refractivity contribution in [2.24, 2.45) is 0 Å². The largest absolute Gasteiger partial charge is 0.492 e. The lowest BCUT2D eigenvalue weighted by Gasteiger charge is -2.13. The molecule has 0 aliphatic carbocycles. The molecule has 0 radical (unpaired) electrons. The maximum absolute atomic E-state index is 12.8. The van der Waals surface area contributed by atoms with Gasteiger partial charge in [-0.15, -0.1) is 0 Å². The molecule has 0 bridgehead atoms. The van der Waals surface area contributed by atoms with E-state index in [-0.39, 0.29) is 5.78 Å². The molecule has 0 spiro atoms. The van der Waals surface area contributed by atoms with Gasteiger partial charge in [0.2, 0.25) is 0 Å². The zero-order valence-electron chi connectivity index (χ0n) is 14.8. The van der Waals surface area contributed by atoms with Gasteiger partial charge in [-0.1, -0.05) is 48.0 Å². The molecule has 3 aromatic carbocycles. The number of ether oxygens (including phenoxy) is 1. The number of nitrogens with one attached hydrogen (secondary N) is 1. The second-order valence-corrected chi connectivity index (χ2v) is 6.30. The van der Waals surface area contributed by atoms with E-state index in [1.807, 2.05) is 68.4 Å². The SMILES string of the molecule is CCOc1ccccc1Nc1ccc(C(=O)c2ccccc2C)c(Cl)c1. The van der Waals surface area contributed by atoms with E-state index < -0.39 is 0 Å². The molecule has 3 nitrogen and oxygen atoms in total. The van der Waals surface area contributed by atoms with Crippen LogP contribution in [-0.2, 0) is 0 Å². The van der Waals surface area contributed by atoms with E-state index >= 15 is 0 Å². The van der Waals surface area contributed by atoms with Crippen LogP contribution in [0.4, 0.5) is 11.4 Å². The summed E-state index contributed by atoms with van der Waals surface area (Å²) >= 11 is 6.40. The maximum atomic E-state index is 12.8. The Morgan fingerprint density at radius 2 is 1.73 bits per heavy atom. The van der Waals surface area contributed by atoms with Crippen LogP contribution in [0, 0.1) is 6.92 Å². The van der Waals surface area contributed by atoms with Crippen molar-refractivity contribution < 1.29 is 9.53 Å². The summed E-state index contributed by atoms with van der Waals surface area (Å²) in [5.74, 6) is 0.695. The number of hydrogen-bond acceptors (Lipinski definition) is 3. The number of rotatable bonds is 6. The van der Waals surface area contributed by atoms with Crippen LogP contribution >= 0.6 is 11.6 Å². The number of carbonyl (C=O) groups is 1. The van der Waals surface area contributed by atoms with E-state index in [9.17, 15) is 4.79 Å². The highest BCUT2D eigenvalue weighted by molar-refractivity contribution is 6.35. The van der Waals surface area contributed by atoms with Crippen molar-refractivity contribution in [3.8, 4) is 5.75 Å². The van der Waals surface area contributed by atoms with Gasteiger partial charge in [-0.3, -0.25) is 4.79 Å². The first kappa shape index (κ1) is 18.0. The molecule has 0 saturated heterocycles. The monoisotopic (exact) mass is 365 g/mol. The van der Waals surface area contributed by atoms with E-state index in [0.29, 0.717) is 22.8 Å². The Kier molecular flexibility index (Phi) is 5.59. The van der Waals surface area contributed by atoms with Gasteiger partial charge in [0.1, 0.15) is 5.75 Å². The second kappa shape index (κ2) is 8.07. The first-order valence-corrected chi connectivity index (χ1v) is 8.86. The molecular weight excluding hydrogens is 346 g/mol. The third-order valence-electron chi connectivity index (χ3n) is 4.07. The van der Waals surface area contributed by atoms with Gasteiger partial charge >= 0.3 is 0 Å². The summed E-state index contributed by atoms with van der Waals surface area (Å²) in [7, 11) is 0. The third kappa shape index (κ3) is 3.89. The predicted molar refractivity (Wildman–Crippen MR) is 107 cm³/mol. The van der Waals surface area contributed by atoms with Crippen molar-refractivity contribution in [3.63, 3.8) is 0 Å². The molecule has 0 unspecified atom stereocenters. The van der Waals surface area contributed by atoms with Crippen molar-refractivity contribution in [2.45, 2.75) is 13.8 Å². The Morgan fingerprint density at radius 1 is 1.00 bits per heavy atom. The summed E-state index contributed by atoms with van der Waals surface area (Å²) in [4.78, 5) is 12.8. The fraction of sp³-hybridized carbons (Fsp3) is 0.136. The van der Waals surface area contributed by atoms with E-state index in [2.05, 4.69) is 5.32 Å². The molecule has 0 saturated carbocycles. The molecule has 0 heterocycles. The van der Waals surface area contributed by atoms with Crippen molar-refractivity contribution in [1.29, 1.82) is 0 Å². The average Bonchev–Trinajstić information content (AvgIpc) is 2.64. The Hall–Kier alpha value is -2.78. The summed E-state index contributed by atoms with van der Waals surface area (Å²) in [6, 6.07) is 20.6. The lowest BCUT2D eigenvalue weighted by atomic mass is 9.99. The minimum absolute atomic E-state index is 0.0747. The summed E-state index contributed by atoms with van der Waals surface area (Å²) in [5, 5.41) is 3.71. The molecule has 1 N–H and O–H groups in total. The van der Waals surface area contributed by atoms with Gasteiger partial charge in [-0.05, 0) is 49.7 Å². The van der Waals surface area contributed by atoms with E-state index in [1.54, 1.807) is 12.1 Å². The first-order chi connectivity index (χ1) is 12.6. The number of para-hydroxylation sites is 2. The van der Waals surface area contributed by atoms with Gasteiger partial charge in [0.05, 0.1) is 17.3 Å². The van der Waals surface area contributed by atoms with Gasteiger partial charge in [0.15, 0.2) is 5.78 Å². The Bertz CT molecular complexity index is 937. The van der Waals surface area contributed by atoms with Gasteiger partial charge in [0.25, 0.3) is 0 Å². The third-order valence-corrected chi connectivity index (χ3v) is 4.38. The van der Waals surface area contributed by atoms with Crippen LogP contribution < -0.4 is 10.1 Å². The van der Waals surface area contributed by atoms with Gasteiger partial charge in [-0.2, -0.15) is 0 Å². The number of anilines is 2. The molecule has 4 heteroatoms. The van der Waals surface area contributed by atoms with Crippen LogP contribution in [0.5, 0.6) is 5.75 Å². The molecule has 26 heavy (non-hydrogen) atoms. The van der Waals surface area contributed by atoms with Gasteiger partial charge in [-0.25, -0.2) is 0 Å². The van der Waals surface area contributed by atoms with Crippen LogP contribution in [0.25, 0.3) is 0 Å². The van der Waals surface area contributed by atoms with Crippen LogP contribution in [0.3, 0.4) is 0 Å². The molecule has 0 aromatic heterocycles. The lowest BCUT2D eigenvalue weighted by molar-refractivity contribution is 0.103. The molecule has 3 rings (SSSR count). The second-order valence-electron chi connectivity index (χ2n) is 5.89. The predicted octanol–water partition coefficient (Wildman–Crippen LogP) is 6.02. The molecule has 0 aliphatic rings. The van der Waals surface area contributed by atoms with Crippen LogP contribution in [0.15, 0.2) is 66.7 Å². The van der Waals surface area contributed by atoms with E-state index in [1.165, 1.54) is 0 Å². The minimum atomic E-state index is -0.0747. The highest BCUT2D eigenvalue weighted by atomic mass is 35.5. The number of hydrogen-bond donors (Lipinski definition) is 1. The molecule has 0 atom stereocenters. The molecule has 0 fully saturated rings. The van der Waals surface area contributed by atoms with Crippen molar-refractivity contribution >= 4 is 28.8 Å². The van der Waals surface area contributed by atoms with Crippen molar-refractivity contribution in [2.75, 3.05) is 11.9 Å².